The summed E-state index contributed by atoms with van der Waals surface area (Å²) in [6.45, 7) is 12.1. The molecule has 0 aromatic heterocycles. The van der Waals surface area contributed by atoms with Gasteiger partial charge in [0, 0.05) is 60.2 Å². The molecule has 2 aliphatic heterocycles. The van der Waals surface area contributed by atoms with Gasteiger partial charge in [-0.2, -0.15) is 0 Å². The molecule has 0 bridgehead atoms. The SMILES string of the molecule is CC/C(C)=C/C=C/C=C/C(O)C(O)(O)C(C)C(=O)CC(O)/C(C)=C/CC(=O)CC[C@H](C)CC1CCCC(OC)C1.CC1C(C)(O)CCOC1(O)C(=O)C(=O)N1CCCCC1C(=O)O.CO.COC.OC(O)(O)C(O)(O)O. The minimum atomic E-state index is -3.90. The second-order valence-electron chi connectivity index (χ2n) is 20.0. The number of aliphatic hydroxyl groups excluding tert-OH is 3. The lowest BCUT2D eigenvalue weighted by Crippen LogP contribution is -2.64. The third-order valence-corrected chi connectivity index (χ3v) is 13.8. The van der Waals surface area contributed by atoms with E-state index in [-0.39, 0.29) is 44.6 Å². The van der Waals surface area contributed by atoms with Crippen molar-refractivity contribution in [2.24, 2.45) is 23.7 Å². The highest BCUT2D eigenvalue weighted by atomic mass is 16.8. The molecular weight excluding hydrogens is 1000 g/mol. The maximum Gasteiger partial charge on any atom is 0.362 e. The molecule has 2 heterocycles. The molecule has 0 spiro atoms. The van der Waals surface area contributed by atoms with Crippen LogP contribution in [0.4, 0.5) is 0 Å². The van der Waals surface area contributed by atoms with Gasteiger partial charge in [-0.15, -0.1) is 0 Å². The highest BCUT2D eigenvalue weighted by Gasteiger charge is 2.57. The van der Waals surface area contributed by atoms with Crippen molar-refractivity contribution in [1.29, 1.82) is 0 Å². The fraction of sp³-hybridized carbons (Fsp3) is 0.755. The number of methoxy groups -OCH3 is 2. The average Bonchev–Trinajstić information content (AvgIpc) is 3.36. The van der Waals surface area contributed by atoms with E-state index < -0.39 is 82.7 Å². The molecule has 23 nitrogen and oxygen atoms in total. The molecule has 14 N–H and O–H groups in total. The van der Waals surface area contributed by atoms with Crippen LogP contribution in [0.1, 0.15) is 138 Å². The third kappa shape index (κ3) is 25.8. The number of piperidine rings is 1. The molecule has 1 amide bonds. The Bertz CT molecular complexity index is 1850. The van der Waals surface area contributed by atoms with Crippen LogP contribution in [0, 0.1) is 23.7 Å². The van der Waals surface area contributed by atoms with E-state index in [0.717, 1.165) is 44.1 Å². The van der Waals surface area contributed by atoms with Crippen LogP contribution in [0.2, 0.25) is 0 Å². The number of hydrogen-bond donors (Lipinski definition) is 14. The molecule has 3 aliphatic rings. The maximum atomic E-state index is 12.7. The van der Waals surface area contributed by atoms with Gasteiger partial charge in [0.2, 0.25) is 11.6 Å². The van der Waals surface area contributed by atoms with Crippen molar-refractivity contribution in [3.05, 3.63) is 47.6 Å². The van der Waals surface area contributed by atoms with Gasteiger partial charge in [0.15, 0.2) is 0 Å². The molecule has 76 heavy (non-hydrogen) atoms. The molecule has 23 heteroatoms. The van der Waals surface area contributed by atoms with Crippen molar-refractivity contribution in [3.63, 3.8) is 0 Å². The number of aliphatic carboxylic acids is 1. The smallest absolute Gasteiger partial charge is 0.362 e. The number of carboxylic acids is 1. The van der Waals surface area contributed by atoms with Crippen LogP contribution in [0.5, 0.6) is 0 Å². The minimum Gasteiger partial charge on any atom is -0.480 e. The third-order valence-electron chi connectivity index (χ3n) is 13.8. The highest BCUT2D eigenvalue weighted by molar-refractivity contribution is 6.39. The Morgan fingerprint density at radius 3 is 1.96 bits per heavy atom. The molecule has 10 atom stereocenters. The minimum absolute atomic E-state index is 0.0742. The van der Waals surface area contributed by atoms with Gasteiger partial charge in [0.05, 0.1) is 30.3 Å². The summed E-state index contributed by atoms with van der Waals surface area (Å²) in [4.78, 5) is 62.4. The van der Waals surface area contributed by atoms with E-state index in [1.165, 1.54) is 51.3 Å². The summed E-state index contributed by atoms with van der Waals surface area (Å²) in [7, 11) is 6.03. The molecule has 0 radical (unpaired) electrons. The Morgan fingerprint density at radius 2 is 1.43 bits per heavy atom. The number of rotatable bonds is 22. The number of hydrogen-bond acceptors (Lipinski definition) is 21. The predicted octanol–water partition coefficient (Wildman–Crippen LogP) is 1.01. The molecule has 3 rings (SSSR count). The number of allylic oxidation sites excluding steroid dienone is 6. The summed E-state index contributed by atoms with van der Waals surface area (Å²) in [5, 5.41) is 125. The molecule has 1 saturated carbocycles. The van der Waals surface area contributed by atoms with Crippen LogP contribution in [-0.4, -0.2) is 201 Å². The normalized spacial score (nSPS) is 25.2. The van der Waals surface area contributed by atoms with E-state index in [9.17, 15) is 59.7 Å². The number of aliphatic hydroxyl groups is 13. The second kappa shape index (κ2) is 35.7. The summed E-state index contributed by atoms with van der Waals surface area (Å²) in [5.74, 6) is -18.2. The zero-order valence-electron chi connectivity index (χ0n) is 46.4. The predicted molar refractivity (Wildman–Crippen MR) is 277 cm³/mol. The van der Waals surface area contributed by atoms with Gasteiger partial charge in [-0.3, -0.25) is 19.2 Å². The number of Topliss-reactive ketones (excluding diaryl/α,β-unsaturated/α-hetero) is 3. The number of carboxylic acid groups (broad SMARTS) is 1. The van der Waals surface area contributed by atoms with E-state index in [1.54, 1.807) is 46.5 Å². The molecule has 2 saturated heterocycles. The summed E-state index contributed by atoms with van der Waals surface area (Å²) < 4.78 is 14.9. The molecular formula is C53H93NO22. The van der Waals surface area contributed by atoms with Crippen LogP contribution in [0.3, 0.4) is 0 Å². The quantitative estimate of drug-likeness (QED) is 0.0311. The van der Waals surface area contributed by atoms with Gasteiger partial charge in [-0.1, -0.05) is 82.6 Å². The Labute approximate surface area is 447 Å². The standard InChI is InChI=1S/C33H54O7.C15H23NO7.C2H6O6.C2H6O.CH4O/c1-7-23(2)12-9-8-10-15-32(37)33(38,39)26(5)31(36)22-30(35)25(4)17-19-28(34)18-16-24(3)20-27-13-11-14-29(21-27)40-6;1-9-14(2,21)6-8-23-15(9,22)11(17)12(18)16-7-4-3-5-10(16)13(19)20;3-1(4,5)2(6,7)8;1-3-2;1-2/h8-10,12,15,17,24,26-27,29-30,32,35,37-39H,7,11,13-14,16,18-22H2,1-6H3;9-10,21-22H,3-8H2,1-2H3,(H,19,20);3-8H;1-2H3;2H,1H3/b9-8+,15-10+,23-12+,25-17+;;;;/t24-,26?,27?,29?,30?,32?;;;;/m0..../s1. The first-order valence-corrected chi connectivity index (χ1v) is 25.5. The molecule has 442 valence electrons. The largest absolute Gasteiger partial charge is 0.480 e. The number of ether oxygens (including phenoxy) is 3. The van der Waals surface area contributed by atoms with E-state index in [4.69, 9.17) is 45.2 Å². The van der Waals surface area contributed by atoms with E-state index >= 15 is 0 Å². The van der Waals surface area contributed by atoms with Gasteiger partial charge < -0.3 is 90.6 Å². The van der Waals surface area contributed by atoms with Crippen molar-refractivity contribution in [1.82, 2.24) is 4.90 Å². The van der Waals surface area contributed by atoms with Gasteiger partial charge in [0.1, 0.15) is 23.7 Å². The number of ketones is 3. The van der Waals surface area contributed by atoms with Crippen LogP contribution < -0.4 is 0 Å². The first-order valence-electron chi connectivity index (χ1n) is 25.5. The van der Waals surface area contributed by atoms with E-state index in [1.807, 2.05) is 19.9 Å². The zero-order valence-corrected chi connectivity index (χ0v) is 46.4. The maximum absolute atomic E-state index is 12.7. The summed E-state index contributed by atoms with van der Waals surface area (Å²) in [6.07, 6.45) is 16.7. The Balaban J connectivity index is 0. The number of likely N-dealkylation sites (tertiary alicyclic amines) is 1. The Kier molecular flexibility index (Phi) is 34.9. The Morgan fingerprint density at radius 1 is 0.855 bits per heavy atom. The lowest BCUT2D eigenvalue weighted by Gasteiger charge is -2.45. The lowest BCUT2D eigenvalue weighted by atomic mass is 9.77. The average molecular weight is 1100 g/mol. The first-order chi connectivity index (χ1) is 35.1. The second-order valence-corrected chi connectivity index (χ2v) is 20.0. The van der Waals surface area contributed by atoms with Crippen molar-refractivity contribution in [3.8, 4) is 0 Å². The number of nitrogens with zero attached hydrogens (tertiary/aromatic N) is 1. The summed E-state index contributed by atoms with van der Waals surface area (Å²) >= 11 is 0. The molecule has 3 fully saturated rings. The highest BCUT2D eigenvalue weighted by Crippen LogP contribution is 2.38. The first kappa shape index (κ1) is 74.3. The summed E-state index contributed by atoms with van der Waals surface area (Å²) in [6, 6.07) is -1.08. The lowest BCUT2D eigenvalue weighted by molar-refractivity contribution is -0.512. The van der Waals surface area contributed by atoms with Crippen molar-refractivity contribution < 1.29 is 110 Å². The fourth-order valence-corrected chi connectivity index (χ4v) is 8.16. The van der Waals surface area contributed by atoms with Crippen LogP contribution in [0.15, 0.2) is 47.6 Å². The van der Waals surface area contributed by atoms with Crippen LogP contribution >= 0.6 is 0 Å². The zero-order chi connectivity index (χ0) is 59.4. The molecule has 9 unspecified atom stereocenters. The van der Waals surface area contributed by atoms with Crippen molar-refractivity contribution >= 4 is 29.2 Å². The number of amides is 1. The Hall–Kier alpha value is -3.73. The summed E-state index contributed by atoms with van der Waals surface area (Å²) in [5.41, 5.74) is 0.296. The monoisotopic (exact) mass is 1100 g/mol. The van der Waals surface area contributed by atoms with Crippen molar-refractivity contribution in [2.75, 3.05) is 41.6 Å². The molecule has 0 aromatic rings. The van der Waals surface area contributed by atoms with E-state index in [0.29, 0.717) is 42.8 Å². The van der Waals surface area contributed by atoms with Gasteiger partial charge >= 0.3 is 17.9 Å². The van der Waals surface area contributed by atoms with Crippen LogP contribution in [0.25, 0.3) is 0 Å². The van der Waals surface area contributed by atoms with Gasteiger partial charge in [-0.05, 0) is 96.0 Å². The molecule has 0 aromatic carbocycles. The fourth-order valence-electron chi connectivity index (χ4n) is 8.16. The topological polar surface area (TPSA) is 400 Å². The molecule has 1 aliphatic carbocycles. The van der Waals surface area contributed by atoms with Crippen molar-refractivity contribution in [2.45, 2.75) is 192 Å². The van der Waals surface area contributed by atoms with Gasteiger partial charge in [-0.25, -0.2) is 4.79 Å². The number of carbonyl (C=O) groups excluding carboxylic acids is 4. The van der Waals surface area contributed by atoms with E-state index in [2.05, 4.69) is 11.7 Å². The number of carbonyl (C=O) groups is 5. The van der Waals surface area contributed by atoms with Crippen LogP contribution in [-0.2, 0) is 38.2 Å². The van der Waals surface area contributed by atoms with Gasteiger partial charge in [0.25, 0.3) is 11.7 Å².